The van der Waals surface area contributed by atoms with Gasteiger partial charge in [0, 0.05) is 12.4 Å². The van der Waals surface area contributed by atoms with Crippen LogP contribution in [0.4, 0.5) is 0 Å². The van der Waals surface area contributed by atoms with E-state index < -0.39 is 24.3 Å². The lowest BCUT2D eigenvalue weighted by molar-refractivity contribution is -0.145. The fourth-order valence-electron chi connectivity index (χ4n) is 2.86. The maximum absolute atomic E-state index is 12.3. The Morgan fingerprint density at radius 2 is 1.74 bits per heavy atom. The fourth-order valence-corrected chi connectivity index (χ4v) is 3.38. The van der Waals surface area contributed by atoms with Gasteiger partial charge in [0.25, 0.3) is 11.8 Å². The van der Waals surface area contributed by atoms with Crippen LogP contribution in [0.2, 0.25) is 10.0 Å². The van der Waals surface area contributed by atoms with Gasteiger partial charge in [0.1, 0.15) is 13.2 Å². The Morgan fingerprint density at radius 1 is 1.07 bits per heavy atom. The highest BCUT2D eigenvalue weighted by Crippen LogP contribution is 2.23. The summed E-state index contributed by atoms with van der Waals surface area (Å²) in [5.41, 5.74) is 1.49. The second-order valence-electron chi connectivity index (χ2n) is 5.87. The molecule has 1 aliphatic rings. The molecule has 0 bridgehead atoms. The molecule has 0 aliphatic carbocycles. The van der Waals surface area contributed by atoms with Crippen molar-refractivity contribution in [1.29, 1.82) is 0 Å². The van der Waals surface area contributed by atoms with Crippen LogP contribution >= 0.6 is 23.2 Å². The number of amides is 2. The quantitative estimate of drug-likeness (QED) is 0.494. The van der Waals surface area contributed by atoms with E-state index in [0.29, 0.717) is 21.4 Å². The van der Waals surface area contributed by atoms with E-state index in [-0.39, 0.29) is 17.7 Å². The van der Waals surface area contributed by atoms with Gasteiger partial charge < -0.3 is 9.14 Å². The predicted octanol–water partition coefficient (Wildman–Crippen LogP) is 2.98. The van der Waals surface area contributed by atoms with Crippen molar-refractivity contribution in [3.8, 4) is 0 Å². The first kappa shape index (κ1) is 17.5. The Bertz CT molecular complexity index is 1070. The van der Waals surface area contributed by atoms with E-state index in [1.165, 1.54) is 0 Å². The zero-order valence-corrected chi connectivity index (χ0v) is 15.2. The third-order valence-electron chi connectivity index (χ3n) is 4.07. The summed E-state index contributed by atoms with van der Waals surface area (Å²) in [6.07, 6.45) is 3.25. The smallest absolute Gasteiger partial charge is 0.326 e. The third kappa shape index (κ3) is 3.15. The molecule has 27 heavy (non-hydrogen) atoms. The van der Waals surface area contributed by atoms with Crippen molar-refractivity contribution in [2.45, 2.75) is 6.61 Å². The number of carbonyl (C=O) groups is 3. The average Bonchev–Trinajstić information content (AvgIpc) is 3.15. The van der Waals surface area contributed by atoms with Gasteiger partial charge in [-0.25, -0.2) is 4.98 Å². The van der Waals surface area contributed by atoms with E-state index in [1.807, 2.05) is 0 Å². The van der Waals surface area contributed by atoms with Gasteiger partial charge in [0.15, 0.2) is 5.65 Å². The highest BCUT2D eigenvalue weighted by atomic mass is 35.5. The molecule has 3 heterocycles. The molecule has 136 valence electrons. The zero-order chi connectivity index (χ0) is 19.1. The summed E-state index contributed by atoms with van der Waals surface area (Å²) < 4.78 is 6.77. The summed E-state index contributed by atoms with van der Waals surface area (Å²) in [5, 5.41) is 0.810. The number of imide groups is 1. The van der Waals surface area contributed by atoms with Gasteiger partial charge in [-0.3, -0.25) is 19.3 Å². The predicted molar refractivity (Wildman–Crippen MR) is 96.8 cm³/mol. The first-order chi connectivity index (χ1) is 12.9. The number of fused-ring (bicyclic) bond motifs is 2. The molecule has 0 N–H and O–H groups in total. The normalized spacial score (nSPS) is 13.3. The van der Waals surface area contributed by atoms with Gasteiger partial charge in [-0.2, -0.15) is 0 Å². The SMILES string of the molecule is O=C(CN1C(=O)c2ccccc2C1=O)OCc1cn2cc(Cl)cc(Cl)c2n1. The molecule has 0 atom stereocenters. The van der Waals surface area contributed by atoms with Crippen LogP contribution in [0.25, 0.3) is 5.65 Å². The number of rotatable bonds is 4. The molecular weight excluding hydrogens is 393 g/mol. The van der Waals surface area contributed by atoms with Crippen molar-refractivity contribution >= 4 is 46.6 Å². The summed E-state index contributed by atoms with van der Waals surface area (Å²) in [4.78, 5) is 41.8. The van der Waals surface area contributed by atoms with E-state index in [0.717, 1.165) is 4.90 Å². The topological polar surface area (TPSA) is 81.0 Å². The van der Waals surface area contributed by atoms with Gasteiger partial charge in [-0.05, 0) is 18.2 Å². The Kier molecular flexibility index (Phi) is 4.33. The van der Waals surface area contributed by atoms with Crippen molar-refractivity contribution in [3.05, 3.63) is 69.6 Å². The molecule has 2 aromatic heterocycles. The maximum Gasteiger partial charge on any atom is 0.326 e. The summed E-state index contributed by atoms with van der Waals surface area (Å²) in [6.45, 7) is -0.593. The van der Waals surface area contributed by atoms with Crippen molar-refractivity contribution in [2.24, 2.45) is 0 Å². The van der Waals surface area contributed by atoms with Crippen molar-refractivity contribution < 1.29 is 19.1 Å². The number of pyridine rings is 1. The second kappa shape index (κ2) is 6.68. The first-order valence-electron chi connectivity index (χ1n) is 7.87. The molecule has 2 amide bonds. The number of halogens is 2. The summed E-state index contributed by atoms with van der Waals surface area (Å²) >= 11 is 12.0. The molecule has 0 saturated carbocycles. The van der Waals surface area contributed by atoms with Gasteiger partial charge in [-0.15, -0.1) is 0 Å². The Morgan fingerprint density at radius 3 is 2.41 bits per heavy atom. The minimum atomic E-state index is -0.717. The molecule has 0 saturated heterocycles. The van der Waals surface area contributed by atoms with Crippen molar-refractivity contribution in [1.82, 2.24) is 14.3 Å². The Balaban J connectivity index is 1.43. The molecular formula is C18H11Cl2N3O4. The van der Waals surface area contributed by atoms with Crippen LogP contribution in [0, 0.1) is 0 Å². The monoisotopic (exact) mass is 403 g/mol. The number of carbonyl (C=O) groups excluding carboxylic acids is 3. The minimum absolute atomic E-state index is 0.127. The van der Waals surface area contributed by atoms with E-state index in [2.05, 4.69) is 4.98 Å². The summed E-state index contributed by atoms with van der Waals surface area (Å²) in [5.74, 6) is -1.74. The number of aromatic nitrogens is 2. The van der Waals surface area contributed by atoms with Crippen LogP contribution in [0.1, 0.15) is 26.4 Å². The molecule has 0 fully saturated rings. The number of nitrogens with zero attached hydrogens (tertiary/aromatic N) is 3. The van der Waals surface area contributed by atoms with Gasteiger partial charge >= 0.3 is 5.97 Å². The van der Waals surface area contributed by atoms with Crippen LogP contribution < -0.4 is 0 Å². The molecule has 0 unspecified atom stereocenters. The first-order valence-corrected chi connectivity index (χ1v) is 8.63. The molecule has 3 aromatic rings. The standard InChI is InChI=1S/C18H11Cl2N3O4/c19-10-5-14(20)16-21-11(7-22(16)6-10)9-27-15(24)8-23-17(25)12-3-1-2-4-13(12)18(23)26/h1-7H,8-9H2. The van der Waals surface area contributed by atoms with Crippen molar-refractivity contribution in [2.75, 3.05) is 6.54 Å². The maximum atomic E-state index is 12.3. The minimum Gasteiger partial charge on any atom is -0.458 e. The number of imidazole rings is 1. The lowest BCUT2D eigenvalue weighted by Gasteiger charge is -2.12. The zero-order valence-electron chi connectivity index (χ0n) is 13.7. The lowest BCUT2D eigenvalue weighted by Crippen LogP contribution is -2.35. The second-order valence-corrected chi connectivity index (χ2v) is 6.72. The fraction of sp³-hybridized carbons (Fsp3) is 0.111. The van der Waals surface area contributed by atoms with Crippen LogP contribution in [0.15, 0.2) is 42.7 Å². The molecule has 0 radical (unpaired) electrons. The van der Waals surface area contributed by atoms with E-state index >= 15 is 0 Å². The van der Waals surface area contributed by atoms with Gasteiger partial charge in [-0.1, -0.05) is 35.3 Å². The highest BCUT2D eigenvalue weighted by Gasteiger charge is 2.36. The van der Waals surface area contributed by atoms with E-state index in [4.69, 9.17) is 27.9 Å². The van der Waals surface area contributed by atoms with Gasteiger partial charge in [0.05, 0.1) is 26.9 Å². The Labute approximate surface area is 163 Å². The number of ether oxygens (including phenoxy) is 1. The molecule has 1 aromatic carbocycles. The molecule has 0 spiro atoms. The van der Waals surface area contributed by atoms with E-state index in [1.54, 1.807) is 47.1 Å². The highest BCUT2D eigenvalue weighted by molar-refractivity contribution is 6.36. The third-order valence-corrected chi connectivity index (χ3v) is 4.55. The summed E-state index contributed by atoms with van der Waals surface area (Å²) in [6, 6.07) is 7.97. The van der Waals surface area contributed by atoms with Crippen LogP contribution in [-0.2, 0) is 16.1 Å². The molecule has 4 rings (SSSR count). The number of hydrogen-bond acceptors (Lipinski definition) is 5. The van der Waals surface area contributed by atoms with Crippen molar-refractivity contribution in [3.63, 3.8) is 0 Å². The largest absolute Gasteiger partial charge is 0.458 e. The van der Waals surface area contributed by atoms with Crippen LogP contribution in [0.3, 0.4) is 0 Å². The van der Waals surface area contributed by atoms with Gasteiger partial charge in [0.2, 0.25) is 0 Å². The number of esters is 1. The molecule has 9 heteroatoms. The summed E-state index contributed by atoms with van der Waals surface area (Å²) in [7, 11) is 0. The average molecular weight is 404 g/mol. The molecule has 7 nitrogen and oxygen atoms in total. The van der Waals surface area contributed by atoms with E-state index in [9.17, 15) is 14.4 Å². The number of hydrogen-bond donors (Lipinski definition) is 0. The lowest BCUT2D eigenvalue weighted by atomic mass is 10.1. The molecule has 1 aliphatic heterocycles. The van der Waals surface area contributed by atoms with Crippen LogP contribution in [-0.4, -0.2) is 38.6 Å². The van der Waals surface area contributed by atoms with Crippen LogP contribution in [0.5, 0.6) is 0 Å². The Hall–Kier alpha value is -2.90. The number of benzene rings is 1.